The van der Waals surface area contributed by atoms with Crippen molar-refractivity contribution in [2.75, 3.05) is 13.4 Å². The van der Waals surface area contributed by atoms with Crippen LogP contribution in [0.2, 0.25) is 5.02 Å². The van der Waals surface area contributed by atoms with Gasteiger partial charge in [0.05, 0.1) is 0 Å². The molecule has 1 aliphatic heterocycles. The second kappa shape index (κ2) is 9.75. The average molecular weight is 505 g/mol. The smallest absolute Gasteiger partial charge is 0.356 e. The standard InChI is InChI=1S/C27H21ClN2O6/c1-30-25(24(17-7-9-18(28)10-8-17)19-4-2-3-5-20(19)26(30)32)27(33)34-14-23(31)29-13-16-6-11-21-22(12-16)36-15-35-21/h2-12H,13-15H2,1H3,(H,29,31). The summed E-state index contributed by atoms with van der Waals surface area (Å²) >= 11 is 6.06. The number of carbonyl (C=O) groups is 2. The number of fused-ring (bicyclic) bond motifs is 2. The zero-order valence-electron chi connectivity index (χ0n) is 19.2. The van der Waals surface area contributed by atoms with Crippen LogP contribution in [0.4, 0.5) is 0 Å². The molecule has 1 N–H and O–H groups in total. The number of nitrogens with zero attached hydrogens (tertiary/aromatic N) is 1. The van der Waals surface area contributed by atoms with Crippen molar-refractivity contribution < 1.29 is 23.8 Å². The highest BCUT2D eigenvalue weighted by Gasteiger charge is 2.23. The minimum Gasteiger partial charge on any atom is -0.454 e. The number of halogens is 1. The molecular formula is C27H21ClN2O6. The predicted octanol–water partition coefficient (Wildman–Crippen LogP) is 4.06. The van der Waals surface area contributed by atoms with Gasteiger partial charge in [0.2, 0.25) is 6.79 Å². The van der Waals surface area contributed by atoms with Gasteiger partial charge in [-0.1, -0.05) is 48.0 Å². The van der Waals surface area contributed by atoms with E-state index in [1.165, 1.54) is 11.6 Å². The molecule has 0 saturated carbocycles. The number of pyridine rings is 1. The summed E-state index contributed by atoms with van der Waals surface area (Å²) in [5, 5.41) is 4.31. The van der Waals surface area contributed by atoms with Gasteiger partial charge in [-0.15, -0.1) is 0 Å². The van der Waals surface area contributed by atoms with Crippen LogP contribution in [0.3, 0.4) is 0 Å². The zero-order chi connectivity index (χ0) is 25.2. The summed E-state index contributed by atoms with van der Waals surface area (Å²) in [6.07, 6.45) is 0. The van der Waals surface area contributed by atoms with Gasteiger partial charge >= 0.3 is 5.97 Å². The number of aromatic nitrogens is 1. The van der Waals surface area contributed by atoms with Gasteiger partial charge < -0.3 is 24.1 Å². The largest absolute Gasteiger partial charge is 0.454 e. The number of carbonyl (C=O) groups excluding carboxylic acids is 2. The maximum absolute atomic E-state index is 13.2. The van der Waals surface area contributed by atoms with Gasteiger partial charge in [-0.3, -0.25) is 9.59 Å². The number of ether oxygens (including phenoxy) is 3. The van der Waals surface area contributed by atoms with E-state index < -0.39 is 18.5 Å². The van der Waals surface area contributed by atoms with Crippen LogP contribution in [0, 0.1) is 0 Å². The molecule has 0 atom stereocenters. The Hall–Kier alpha value is -4.30. The van der Waals surface area contributed by atoms with E-state index in [9.17, 15) is 14.4 Å². The SMILES string of the molecule is Cn1c(C(=O)OCC(=O)NCc2ccc3c(c2)OCO3)c(-c2ccc(Cl)cc2)c2ccccc2c1=O. The van der Waals surface area contributed by atoms with Gasteiger partial charge in [0.1, 0.15) is 5.69 Å². The van der Waals surface area contributed by atoms with Crippen molar-refractivity contribution in [3.63, 3.8) is 0 Å². The predicted molar refractivity (Wildman–Crippen MR) is 134 cm³/mol. The summed E-state index contributed by atoms with van der Waals surface area (Å²) in [7, 11) is 1.50. The molecule has 36 heavy (non-hydrogen) atoms. The molecule has 2 heterocycles. The third kappa shape index (κ3) is 4.50. The third-order valence-electron chi connectivity index (χ3n) is 5.89. The van der Waals surface area contributed by atoms with Crippen LogP contribution in [-0.4, -0.2) is 29.8 Å². The molecule has 1 amide bonds. The van der Waals surface area contributed by atoms with E-state index >= 15 is 0 Å². The fourth-order valence-electron chi connectivity index (χ4n) is 4.11. The van der Waals surface area contributed by atoms with Crippen molar-refractivity contribution in [1.82, 2.24) is 9.88 Å². The van der Waals surface area contributed by atoms with Crippen LogP contribution in [0.25, 0.3) is 21.9 Å². The molecule has 0 fully saturated rings. The molecule has 0 saturated heterocycles. The lowest BCUT2D eigenvalue weighted by molar-refractivity contribution is -0.124. The van der Waals surface area contributed by atoms with E-state index in [1.54, 1.807) is 60.7 Å². The first-order valence-electron chi connectivity index (χ1n) is 11.1. The van der Waals surface area contributed by atoms with E-state index in [2.05, 4.69) is 5.32 Å². The Balaban J connectivity index is 1.38. The van der Waals surface area contributed by atoms with Crippen LogP contribution in [0.1, 0.15) is 16.1 Å². The first-order chi connectivity index (χ1) is 17.4. The molecule has 0 spiro atoms. The molecule has 182 valence electrons. The summed E-state index contributed by atoms with van der Waals surface area (Å²) in [6.45, 7) is -0.127. The second-order valence-electron chi connectivity index (χ2n) is 8.18. The summed E-state index contributed by atoms with van der Waals surface area (Å²) in [4.78, 5) is 38.6. The molecule has 9 heteroatoms. The summed E-state index contributed by atoms with van der Waals surface area (Å²) in [5.74, 6) is -0.0139. The number of benzene rings is 3. The van der Waals surface area contributed by atoms with E-state index in [0.29, 0.717) is 38.4 Å². The van der Waals surface area contributed by atoms with Crippen LogP contribution < -0.4 is 20.3 Å². The topological polar surface area (TPSA) is 95.9 Å². The molecule has 5 rings (SSSR count). The Labute approximate surface area is 211 Å². The van der Waals surface area contributed by atoms with Gasteiger partial charge in [0.25, 0.3) is 11.5 Å². The van der Waals surface area contributed by atoms with Crippen LogP contribution >= 0.6 is 11.6 Å². The number of hydrogen-bond acceptors (Lipinski definition) is 6. The number of amides is 1. The summed E-state index contributed by atoms with van der Waals surface area (Å²) < 4.78 is 17.2. The lowest BCUT2D eigenvalue weighted by Crippen LogP contribution is -2.30. The third-order valence-corrected chi connectivity index (χ3v) is 6.14. The lowest BCUT2D eigenvalue weighted by Gasteiger charge is -2.17. The van der Waals surface area contributed by atoms with E-state index in [1.807, 2.05) is 6.07 Å². The number of hydrogen-bond donors (Lipinski definition) is 1. The normalized spacial score (nSPS) is 11.9. The summed E-state index contributed by atoms with van der Waals surface area (Å²) in [6, 6.07) is 19.3. The highest BCUT2D eigenvalue weighted by atomic mass is 35.5. The molecule has 3 aromatic carbocycles. The van der Waals surface area contributed by atoms with Gasteiger partial charge in [-0.25, -0.2) is 4.79 Å². The molecule has 1 aliphatic rings. The maximum Gasteiger partial charge on any atom is 0.356 e. The number of esters is 1. The Morgan fingerprint density at radius 3 is 2.50 bits per heavy atom. The van der Waals surface area contributed by atoms with Crippen molar-refractivity contribution in [1.29, 1.82) is 0 Å². The number of nitrogens with one attached hydrogen (secondary N) is 1. The van der Waals surface area contributed by atoms with Crippen molar-refractivity contribution in [3.8, 4) is 22.6 Å². The molecule has 4 aromatic rings. The van der Waals surface area contributed by atoms with Crippen molar-refractivity contribution >= 4 is 34.2 Å². The van der Waals surface area contributed by atoms with Crippen LogP contribution in [0.5, 0.6) is 11.5 Å². The van der Waals surface area contributed by atoms with Crippen LogP contribution in [-0.2, 0) is 23.1 Å². The molecular weight excluding hydrogens is 484 g/mol. The monoisotopic (exact) mass is 504 g/mol. The van der Waals surface area contributed by atoms with E-state index in [-0.39, 0.29) is 24.6 Å². The van der Waals surface area contributed by atoms with Crippen molar-refractivity contribution in [2.45, 2.75) is 6.54 Å². The fraction of sp³-hybridized carbons (Fsp3) is 0.148. The summed E-state index contributed by atoms with van der Waals surface area (Å²) in [5.41, 5.74) is 1.72. The van der Waals surface area contributed by atoms with Crippen LogP contribution in [0.15, 0.2) is 71.5 Å². The van der Waals surface area contributed by atoms with Gasteiger partial charge in [0.15, 0.2) is 18.1 Å². The lowest BCUT2D eigenvalue weighted by atomic mass is 9.97. The van der Waals surface area contributed by atoms with Crippen molar-refractivity contribution in [2.24, 2.45) is 7.05 Å². The first kappa shape index (κ1) is 23.4. The molecule has 1 aromatic heterocycles. The van der Waals surface area contributed by atoms with Gasteiger partial charge in [0, 0.05) is 29.6 Å². The molecule has 0 unspecified atom stereocenters. The van der Waals surface area contributed by atoms with Gasteiger partial charge in [-0.2, -0.15) is 0 Å². The molecule has 8 nitrogen and oxygen atoms in total. The molecule has 0 radical (unpaired) electrons. The van der Waals surface area contributed by atoms with Gasteiger partial charge in [-0.05, 0) is 46.8 Å². The average Bonchev–Trinajstić information content (AvgIpc) is 3.36. The van der Waals surface area contributed by atoms with E-state index in [4.69, 9.17) is 25.8 Å². The fourth-order valence-corrected chi connectivity index (χ4v) is 4.24. The highest BCUT2D eigenvalue weighted by molar-refractivity contribution is 6.30. The second-order valence-corrected chi connectivity index (χ2v) is 8.62. The maximum atomic E-state index is 13.2. The Morgan fingerprint density at radius 2 is 1.72 bits per heavy atom. The van der Waals surface area contributed by atoms with E-state index in [0.717, 1.165) is 5.56 Å². The van der Waals surface area contributed by atoms with Crippen molar-refractivity contribution in [3.05, 3.63) is 93.4 Å². The Bertz CT molecular complexity index is 1540. The Kier molecular flexibility index (Phi) is 6.35. The zero-order valence-corrected chi connectivity index (χ0v) is 20.0. The quantitative estimate of drug-likeness (QED) is 0.398. The minimum atomic E-state index is -0.788. The molecule has 0 bridgehead atoms. The molecule has 0 aliphatic carbocycles. The highest BCUT2D eigenvalue weighted by Crippen LogP contribution is 2.33. The first-order valence-corrected chi connectivity index (χ1v) is 11.5. The number of rotatable bonds is 6. The Morgan fingerprint density at radius 1 is 1.00 bits per heavy atom. The minimum absolute atomic E-state index is 0.0459.